The Morgan fingerprint density at radius 3 is 2.73 bits per heavy atom. The van der Waals surface area contributed by atoms with Crippen LogP contribution in [0.3, 0.4) is 0 Å². The van der Waals surface area contributed by atoms with E-state index in [0.717, 1.165) is 25.2 Å². The Balaban J connectivity index is 2.60. The molecule has 0 saturated heterocycles. The van der Waals surface area contributed by atoms with Crippen LogP contribution in [0.4, 0.5) is 0 Å². The molecule has 1 N–H and O–H groups in total. The van der Waals surface area contributed by atoms with Gasteiger partial charge >= 0.3 is 0 Å². The van der Waals surface area contributed by atoms with Crippen molar-refractivity contribution in [3.8, 4) is 11.8 Å². The van der Waals surface area contributed by atoms with Gasteiger partial charge in [0.15, 0.2) is 0 Å². The largest absolute Gasteiger partial charge is 0.308 e. The Labute approximate surface area is 91.3 Å². The second-order valence-corrected chi connectivity index (χ2v) is 3.18. The van der Waals surface area contributed by atoms with Crippen LogP contribution in [0.2, 0.25) is 0 Å². The molecule has 0 aliphatic heterocycles. The summed E-state index contributed by atoms with van der Waals surface area (Å²) >= 11 is 0. The molecule has 1 aromatic rings. The maximum absolute atomic E-state index is 4.25. The summed E-state index contributed by atoms with van der Waals surface area (Å²) in [6.45, 7) is 4.87. The molecule has 1 unspecified atom stereocenters. The lowest BCUT2D eigenvalue weighted by atomic mass is 10.1. The van der Waals surface area contributed by atoms with Crippen LogP contribution in [-0.4, -0.2) is 16.5 Å². The number of aromatic nitrogens is 2. The molecule has 0 fully saturated rings. The Morgan fingerprint density at radius 1 is 1.40 bits per heavy atom. The molecule has 0 aliphatic rings. The van der Waals surface area contributed by atoms with Gasteiger partial charge in [-0.1, -0.05) is 6.92 Å². The molecule has 1 aromatic heterocycles. The summed E-state index contributed by atoms with van der Waals surface area (Å²) in [5.41, 5.74) is 0. The minimum atomic E-state index is 0.219. The molecule has 1 rings (SSSR count). The highest BCUT2D eigenvalue weighted by Crippen LogP contribution is 2.12. The quantitative estimate of drug-likeness (QED) is 0.743. The van der Waals surface area contributed by atoms with Gasteiger partial charge in [0.1, 0.15) is 5.82 Å². The smallest absolute Gasteiger partial charge is 0.145 e. The van der Waals surface area contributed by atoms with Crippen LogP contribution in [0.15, 0.2) is 18.5 Å². The lowest BCUT2D eigenvalue weighted by molar-refractivity contribution is 0.497. The minimum Gasteiger partial charge on any atom is -0.308 e. The summed E-state index contributed by atoms with van der Waals surface area (Å²) < 4.78 is 0. The molecule has 0 spiro atoms. The minimum absolute atomic E-state index is 0.219. The third-order valence-electron chi connectivity index (χ3n) is 2.08. The molecule has 80 valence electrons. The van der Waals surface area contributed by atoms with Gasteiger partial charge in [0.2, 0.25) is 0 Å². The van der Waals surface area contributed by atoms with Gasteiger partial charge in [-0.25, -0.2) is 9.97 Å². The van der Waals surface area contributed by atoms with Crippen molar-refractivity contribution < 1.29 is 0 Å². The molecule has 0 bridgehead atoms. The van der Waals surface area contributed by atoms with Gasteiger partial charge < -0.3 is 5.32 Å². The normalized spacial score (nSPS) is 11.6. The van der Waals surface area contributed by atoms with Crippen LogP contribution in [-0.2, 0) is 0 Å². The summed E-state index contributed by atoms with van der Waals surface area (Å²) in [6, 6.07) is 2.05. The van der Waals surface area contributed by atoms with Gasteiger partial charge in [0.25, 0.3) is 0 Å². The van der Waals surface area contributed by atoms with Crippen LogP contribution in [0.5, 0.6) is 0 Å². The first-order valence-corrected chi connectivity index (χ1v) is 5.28. The summed E-state index contributed by atoms with van der Waals surface area (Å²) in [7, 11) is 0. The molecular formula is C12H17N3. The number of hydrogen-bond acceptors (Lipinski definition) is 3. The predicted molar refractivity (Wildman–Crippen MR) is 61.1 cm³/mol. The number of nitrogens with one attached hydrogen (secondary N) is 1. The summed E-state index contributed by atoms with van der Waals surface area (Å²) in [6.07, 6.45) is 5.39. The zero-order valence-electron chi connectivity index (χ0n) is 9.33. The van der Waals surface area contributed by atoms with E-state index in [9.17, 15) is 0 Å². The van der Waals surface area contributed by atoms with E-state index in [4.69, 9.17) is 0 Å². The van der Waals surface area contributed by atoms with Crippen molar-refractivity contribution in [2.24, 2.45) is 0 Å². The average molecular weight is 203 g/mol. The molecule has 15 heavy (non-hydrogen) atoms. The zero-order chi connectivity index (χ0) is 10.9. The monoisotopic (exact) mass is 203 g/mol. The molecule has 0 radical (unpaired) electrons. The molecule has 3 nitrogen and oxygen atoms in total. The molecular weight excluding hydrogens is 186 g/mol. The van der Waals surface area contributed by atoms with Gasteiger partial charge in [0, 0.05) is 18.8 Å². The first kappa shape index (κ1) is 11.7. The number of nitrogens with zero attached hydrogens (tertiary/aromatic N) is 2. The molecule has 0 aliphatic carbocycles. The summed E-state index contributed by atoms with van der Waals surface area (Å²) in [5, 5.41) is 3.37. The van der Waals surface area contributed by atoms with Gasteiger partial charge in [-0.05, 0) is 26.0 Å². The van der Waals surface area contributed by atoms with Crippen molar-refractivity contribution in [2.45, 2.75) is 32.7 Å². The fourth-order valence-electron chi connectivity index (χ4n) is 1.40. The Morgan fingerprint density at radius 2 is 2.13 bits per heavy atom. The van der Waals surface area contributed by atoms with E-state index in [2.05, 4.69) is 34.0 Å². The third kappa shape index (κ3) is 4.09. The fraction of sp³-hybridized carbons (Fsp3) is 0.500. The predicted octanol–water partition coefficient (Wildman–Crippen LogP) is 1.93. The second-order valence-electron chi connectivity index (χ2n) is 3.18. The van der Waals surface area contributed by atoms with Crippen LogP contribution in [0.1, 0.15) is 38.6 Å². The maximum Gasteiger partial charge on any atom is 0.145 e. The highest BCUT2D eigenvalue weighted by Gasteiger charge is 2.11. The van der Waals surface area contributed by atoms with Crippen molar-refractivity contribution in [1.29, 1.82) is 0 Å². The first-order chi connectivity index (χ1) is 7.38. The molecule has 3 heteroatoms. The van der Waals surface area contributed by atoms with Crippen LogP contribution in [0, 0.1) is 11.8 Å². The van der Waals surface area contributed by atoms with Crippen LogP contribution < -0.4 is 5.32 Å². The van der Waals surface area contributed by atoms with E-state index in [-0.39, 0.29) is 6.04 Å². The average Bonchev–Trinajstić information content (AvgIpc) is 2.29. The van der Waals surface area contributed by atoms with Crippen molar-refractivity contribution in [3.05, 3.63) is 24.3 Å². The molecule has 1 heterocycles. The SMILES string of the molecule is CC#CCCC(NCC)c1ncccn1. The maximum atomic E-state index is 4.25. The zero-order valence-corrected chi connectivity index (χ0v) is 9.33. The van der Waals surface area contributed by atoms with Gasteiger partial charge in [-0.3, -0.25) is 0 Å². The molecule has 0 aromatic carbocycles. The highest BCUT2D eigenvalue weighted by molar-refractivity contribution is 5.00. The lowest BCUT2D eigenvalue weighted by Gasteiger charge is -2.14. The summed E-state index contributed by atoms with van der Waals surface area (Å²) in [5.74, 6) is 6.82. The fourth-order valence-corrected chi connectivity index (χ4v) is 1.40. The van der Waals surface area contributed by atoms with E-state index in [1.54, 1.807) is 12.4 Å². The topological polar surface area (TPSA) is 37.8 Å². The lowest BCUT2D eigenvalue weighted by Crippen LogP contribution is -2.22. The highest BCUT2D eigenvalue weighted by atomic mass is 15.0. The van der Waals surface area contributed by atoms with Crippen LogP contribution >= 0.6 is 0 Å². The Kier molecular flexibility index (Phi) is 5.42. The van der Waals surface area contributed by atoms with Crippen molar-refractivity contribution in [2.75, 3.05) is 6.54 Å². The van der Waals surface area contributed by atoms with Gasteiger partial charge in [-0.15, -0.1) is 11.8 Å². The van der Waals surface area contributed by atoms with Gasteiger partial charge in [0.05, 0.1) is 6.04 Å². The molecule has 0 amide bonds. The van der Waals surface area contributed by atoms with E-state index >= 15 is 0 Å². The van der Waals surface area contributed by atoms with Gasteiger partial charge in [-0.2, -0.15) is 0 Å². The van der Waals surface area contributed by atoms with Crippen molar-refractivity contribution in [1.82, 2.24) is 15.3 Å². The molecule has 0 saturated carbocycles. The van der Waals surface area contributed by atoms with E-state index in [1.165, 1.54) is 0 Å². The standard InChI is InChI=1S/C12H17N3/c1-3-5-6-8-11(13-4-2)12-14-9-7-10-15-12/h7,9-11,13H,4,6,8H2,1-2H3. The van der Waals surface area contributed by atoms with E-state index < -0.39 is 0 Å². The number of hydrogen-bond donors (Lipinski definition) is 1. The van der Waals surface area contributed by atoms with Crippen molar-refractivity contribution >= 4 is 0 Å². The molecule has 1 atom stereocenters. The third-order valence-corrected chi connectivity index (χ3v) is 2.08. The Hall–Kier alpha value is -1.40. The summed E-state index contributed by atoms with van der Waals surface area (Å²) in [4.78, 5) is 8.51. The Bertz CT molecular complexity index is 324. The number of rotatable bonds is 5. The van der Waals surface area contributed by atoms with E-state index in [1.807, 2.05) is 13.0 Å². The second kappa shape index (κ2) is 6.97. The van der Waals surface area contributed by atoms with Crippen LogP contribution in [0.25, 0.3) is 0 Å². The van der Waals surface area contributed by atoms with E-state index in [0.29, 0.717) is 0 Å². The van der Waals surface area contributed by atoms with Crippen molar-refractivity contribution in [3.63, 3.8) is 0 Å². The first-order valence-electron chi connectivity index (χ1n) is 5.28.